The van der Waals surface area contributed by atoms with Gasteiger partial charge in [0.1, 0.15) is 17.5 Å². The van der Waals surface area contributed by atoms with E-state index in [0.29, 0.717) is 37.1 Å². The van der Waals surface area contributed by atoms with Gasteiger partial charge in [-0.05, 0) is 42.9 Å². The number of halogens is 2. The second-order valence-corrected chi connectivity index (χ2v) is 8.51. The van der Waals surface area contributed by atoms with Crippen LogP contribution in [0, 0.1) is 17.6 Å². The van der Waals surface area contributed by atoms with Crippen molar-refractivity contribution in [2.24, 2.45) is 5.92 Å². The van der Waals surface area contributed by atoms with E-state index in [9.17, 15) is 22.0 Å². The molecule has 10 heteroatoms. The van der Waals surface area contributed by atoms with Crippen molar-refractivity contribution < 1.29 is 21.8 Å². The Hall–Kier alpha value is -2.07. The molecule has 2 heterocycles. The molecular weight excluding hydrogens is 368 g/mol. The van der Waals surface area contributed by atoms with E-state index in [4.69, 9.17) is 4.55 Å². The van der Waals surface area contributed by atoms with Crippen LogP contribution < -0.4 is 5.69 Å². The lowest BCUT2D eigenvalue weighted by Gasteiger charge is -2.33. The molecular formula is C16H17F2N3O4S. The maximum Gasteiger partial charge on any atom is 0.346 e. The van der Waals surface area contributed by atoms with E-state index in [2.05, 4.69) is 5.10 Å². The van der Waals surface area contributed by atoms with Crippen molar-refractivity contribution in [2.45, 2.75) is 37.8 Å². The fraction of sp³-hybridized carbons (Fsp3) is 0.500. The van der Waals surface area contributed by atoms with Gasteiger partial charge in [0.05, 0.1) is 17.8 Å². The summed E-state index contributed by atoms with van der Waals surface area (Å²) in [5.41, 5.74) is 0.0308. The van der Waals surface area contributed by atoms with Crippen LogP contribution in [-0.4, -0.2) is 33.1 Å². The van der Waals surface area contributed by atoms with E-state index < -0.39 is 27.8 Å². The molecule has 1 N–H and O–H groups in total. The lowest BCUT2D eigenvalue weighted by atomic mass is 9.82. The maximum atomic E-state index is 13.5. The van der Waals surface area contributed by atoms with Gasteiger partial charge in [0.15, 0.2) is 0 Å². The zero-order chi connectivity index (χ0) is 18.6. The molecule has 1 atom stereocenters. The van der Waals surface area contributed by atoms with Gasteiger partial charge in [0.25, 0.3) is 10.1 Å². The summed E-state index contributed by atoms with van der Waals surface area (Å²) < 4.78 is 60.6. The molecule has 0 saturated heterocycles. The lowest BCUT2D eigenvalue weighted by molar-refractivity contribution is 0.193. The van der Waals surface area contributed by atoms with Crippen molar-refractivity contribution in [1.82, 2.24) is 14.3 Å². The zero-order valence-electron chi connectivity index (χ0n) is 13.7. The second-order valence-electron chi connectivity index (χ2n) is 7.01. The average molecular weight is 385 g/mol. The Morgan fingerprint density at radius 1 is 1.19 bits per heavy atom. The molecule has 1 saturated carbocycles. The summed E-state index contributed by atoms with van der Waals surface area (Å²) in [6.07, 6.45) is 1.94. The number of rotatable bonds is 4. The van der Waals surface area contributed by atoms with E-state index in [-0.39, 0.29) is 23.4 Å². The number of aromatic nitrogens is 3. The highest BCUT2D eigenvalue weighted by atomic mass is 32.2. The normalized spacial score (nSPS) is 25.1. The molecule has 0 amide bonds. The molecule has 140 valence electrons. The number of fused-ring (bicyclic) bond motifs is 1. The Labute approximate surface area is 148 Å². The van der Waals surface area contributed by atoms with Crippen LogP contribution in [0.15, 0.2) is 23.0 Å². The van der Waals surface area contributed by atoms with Crippen LogP contribution in [0.3, 0.4) is 0 Å². The van der Waals surface area contributed by atoms with Gasteiger partial charge in [0, 0.05) is 12.5 Å². The summed E-state index contributed by atoms with van der Waals surface area (Å²) in [4.78, 5) is 12.7. The van der Waals surface area contributed by atoms with E-state index >= 15 is 0 Å². The van der Waals surface area contributed by atoms with Crippen LogP contribution in [-0.2, 0) is 16.5 Å². The Morgan fingerprint density at radius 2 is 1.85 bits per heavy atom. The summed E-state index contributed by atoms with van der Waals surface area (Å²) in [5.74, 6) is -1.35. The van der Waals surface area contributed by atoms with Gasteiger partial charge in [0.2, 0.25) is 0 Å². The van der Waals surface area contributed by atoms with Gasteiger partial charge in [-0.2, -0.15) is 13.5 Å². The highest BCUT2D eigenvalue weighted by Gasteiger charge is 2.38. The summed E-state index contributed by atoms with van der Waals surface area (Å²) in [6, 6.07) is 2.54. The molecule has 0 unspecified atom stereocenters. The van der Waals surface area contributed by atoms with Gasteiger partial charge >= 0.3 is 5.69 Å². The summed E-state index contributed by atoms with van der Waals surface area (Å²) in [7, 11) is -4.03. The molecule has 1 aromatic heterocycles. The summed E-state index contributed by atoms with van der Waals surface area (Å²) in [6.45, 7) is 0. The van der Waals surface area contributed by atoms with Crippen LogP contribution in [0.1, 0.15) is 42.7 Å². The number of hydrogen-bond donors (Lipinski definition) is 1. The first kappa shape index (κ1) is 17.3. The smallest absolute Gasteiger partial charge is 0.286 e. The average Bonchev–Trinajstić information content (AvgIpc) is 3.01. The van der Waals surface area contributed by atoms with Crippen molar-refractivity contribution >= 4 is 10.1 Å². The van der Waals surface area contributed by atoms with Gasteiger partial charge < -0.3 is 0 Å². The van der Waals surface area contributed by atoms with Crippen molar-refractivity contribution in [3.8, 4) is 0 Å². The Morgan fingerprint density at radius 3 is 2.46 bits per heavy atom. The zero-order valence-corrected chi connectivity index (χ0v) is 14.5. The summed E-state index contributed by atoms with van der Waals surface area (Å²) >= 11 is 0. The van der Waals surface area contributed by atoms with Gasteiger partial charge in [-0.15, -0.1) is 0 Å². The molecule has 1 aliphatic carbocycles. The quantitative estimate of drug-likeness (QED) is 0.809. The monoisotopic (exact) mass is 385 g/mol. The van der Waals surface area contributed by atoms with Crippen LogP contribution in [0.2, 0.25) is 0 Å². The predicted molar refractivity (Wildman–Crippen MR) is 87.5 cm³/mol. The third kappa shape index (κ3) is 3.07. The predicted octanol–water partition coefficient (Wildman–Crippen LogP) is 1.70. The molecule has 0 bridgehead atoms. The molecule has 2 aromatic rings. The fourth-order valence-corrected chi connectivity index (χ4v) is 4.84. The van der Waals surface area contributed by atoms with Gasteiger partial charge in [-0.3, -0.25) is 9.12 Å². The number of aryl methyl sites for hydroxylation is 1. The first-order valence-electron chi connectivity index (χ1n) is 8.32. The van der Waals surface area contributed by atoms with Gasteiger partial charge in [-0.1, -0.05) is 0 Å². The molecule has 7 nitrogen and oxygen atoms in total. The third-order valence-corrected chi connectivity index (χ3v) is 6.02. The number of nitrogens with zero attached hydrogens (tertiary/aromatic N) is 3. The second kappa shape index (κ2) is 5.98. The lowest BCUT2D eigenvalue weighted by Crippen LogP contribution is -2.38. The van der Waals surface area contributed by atoms with Crippen LogP contribution in [0.5, 0.6) is 0 Å². The molecule has 1 fully saturated rings. The first-order chi connectivity index (χ1) is 12.2. The SMILES string of the molecule is O=c1n(C2CC(CS(=O)(=O)O)C2)nc2n1[C@H](c1cc(F)cc(F)c1)CC2. The van der Waals surface area contributed by atoms with E-state index in [1.54, 1.807) is 0 Å². The summed E-state index contributed by atoms with van der Waals surface area (Å²) in [5, 5.41) is 4.33. The molecule has 0 spiro atoms. The van der Waals surface area contributed by atoms with Crippen LogP contribution >= 0.6 is 0 Å². The molecule has 1 aromatic carbocycles. The molecule has 1 aliphatic heterocycles. The van der Waals surface area contributed by atoms with E-state index in [1.807, 2.05) is 0 Å². The standard InChI is InChI=1S/C16H17F2N3O4S/c17-11-5-10(6-12(18)7-11)14-1-2-15-19-21(16(22)20(14)15)13-3-9(4-13)8-26(23,24)25/h5-7,9,13-14H,1-4,8H2,(H,23,24,25)/t9?,13?,14-/m0/s1. The molecule has 0 radical (unpaired) electrons. The Kier molecular flexibility index (Phi) is 3.99. The highest BCUT2D eigenvalue weighted by molar-refractivity contribution is 7.85. The highest BCUT2D eigenvalue weighted by Crippen LogP contribution is 2.38. The first-order valence-corrected chi connectivity index (χ1v) is 9.93. The van der Waals surface area contributed by atoms with Crippen LogP contribution in [0.4, 0.5) is 8.78 Å². The Balaban J connectivity index is 1.59. The van der Waals surface area contributed by atoms with Crippen LogP contribution in [0.25, 0.3) is 0 Å². The number of hydrogen-bond acceptors (Lipinski definition) is 4. The minimum atomic E-state index is -4.03. The third-order valence-electron chi connectivity index (χ3n) is 5.13. The minimum absolute atomic E-state index is 0.202. The fourth-order valence-electron chi connectivity index (χ4n) is 3.97. The van der Waals surface area contributed by atoms with Crippen molar-refractivity contribution in [2.75, 3.05) is 5.75 Å². The molecule has 26 heavy (non-hydrogen) atoms. The largest absolute Gasteiger partial charge is 0.346 e. The van der Waals surface area contributed by atoms with Crippen molar-refractivity contribution in [3.63, 3.8) is 0 Å². The minimum Gasteiger partial charge on any atom is -0.286 e. The topological polar surface area (TPSA) is 94.2 Å². The van der Waals surface area contributed by atoms with Crippen molar-refractivity contribution in [3.05, 3.63) is 51.7 Å². The van der Waals surface area contributed by atoms with Crippen molar-refractivity contribution in [1.29, 1.82) is 0 Å². The molecule has 2 aliphatic rings. The maximum absolute atomic E-state index is 13.5. The molecule has 4 rings (SSSR count). The van der Waals surface area contributed by atoms with Gasteiger partial charge in [-0.25, -0.2) is 18.3 Å². The number of benzene rings is 1. The van der Waals surface area contributed by atoms with E-state index in [0.717, 1.165) is 6.07 Å². The Bertz CT molecular complexity index is 1000. The van der Waals surface area contributed by atoms with E-state index in [1.165, 1.54) is 21.4 Å².